The number of para-hydroxylation sites is 4. The van der Waals surface area contributed by atoms with Crippen molar-refractivity contribution in [1.29, 1.82) is 0 Å². The number of likely N-dealkylation sites (tertiary alicyclic amines) is 1. The summed E-state index contributed by atoms with van der Waals surface area (Å²) < 4.78 is 27.4. The zero-order valence-electron chi connectivity index (χ0n) is 28.4. The van der Waals surface area contributed by atoms with E-state index in [1.165, 1.54) is 16.0 Å². The second-order valence-corrected chi connectivity index (χ2v) is 14.8. The molecular weight excluding hydrogens is 669 g/mol. The Morgan fingerprint density at radius 2 is 1.33 bits per heavy atom. The number of imidazole rings is 2. The Morgan fingerprint density at radius 1 is 0.804 bits per heavy atom. The molecular formula is C38H42N6O6S. The summed E-state index contributed by atoms with van der Waals surface area (Å²) in [6.07, 6.45) is 2.36. The molecule has 0 radical (unpaired) electrons. The molecule has 0 aliphatic carbocycles. The summed E-state index contributed by atoms with van der Waals surface area (Å²) in [5.41, 5.74) is 4.28. The highest BCUT2D eigenvalue weighted by molar-refractivity contribution is 7.89. The van der Waals surface area contributed by atoms with Crippen LogP contribution in [0, 0.1) is 0 Å². The number of hydrogen-bond donors (Lipinski definition) is 3. The minimum Gasteiger partial charge on any atom is -0.465 e. The number of H-pyrrole nitrogens is 2. The summed E-state index contributed by atoms with van der Waals surface area (Å²) in [6, 6.07) is 34.3. The molecule has 2 aromatic heterocycles. The average molecular weight is 711 g/mol. The van der Waals surface area contributed by atoms with E-state index in [2.05, 4.69) is 39.1 Å². The number of nitrogens with zero attached hydrogens (tertiary/aromatic N) is 4. The third-order valence-electron chi connectivity index (χ3n) is 9.30. The monoisotopic (exact) mass is 710 g/mol. The number of fused-ring (bicyclic) bond motifs is 2. The van der Waals surface area contributed by atoms with Crippen molar-refractivity contribution in [2.45, 2.75) is 50.9 Å². The molecule has 1 unspecified atom stereocenters. The third-order valence-corrected chi connectivity index (χ3v) is 10.3. The van der Waals surface area contributed by atoms with E-state index in [0.717, 1.165) is 47.3 Å². The fraction of sp³-hybridized carbons (Fsp3) is 0.289. The summed E-state index contributed by atoms with van der Waals surface area (Å²) in [5, 5.41) is 9.96. The lowest BCUT2D eigenvalue weighted by molar-refractivity contribution is 0.0853. The minimum atomic E-state index is -3.82. The number of carbonyl (C=O) groups is 1. The first-order chi connectivity index (χ1) is 24.6. The van der Waals surface area contributed by atoms with Crippen LogP contribution in [0.2, 0.25) is 0 Å². The molecule has 1 saturated heterocycles. The summed E-state index contributed by atoms with van der Waals surface area (Å²) >= 11 is 0. The number of hydrogen-bond acceptors (Lipinski definition) is 6. The summed E-state index contributed by atoms with van der Waals surface area (Å²) in [7, 11) is -3.82. The SMILES string of the molecule is CS(=O)(=O)n1c(=O)n(C2CCN(C(=O)O)[C@@H](CCCN(Cc3ccccc3)Cc3ccccc3)C2)c2ccccc21.O=c1[nH]c2ccccc2[nH]1. The Balaban J connectivity index is 0.000000381. The quantitative estimate of drug-likeness (QED) is 0.167. The van der Waals surface area contributed by atoms with Gasteiger partial charge in [-0.1, -0.05) is 84.9 Å². The molecule has 1 aliphatic rings. The third kappa shape index (κ3) is 8.50. The topological polar surface area (TPSA) is 153 Å². The Morgan fingerprint density at radius 3 is 1.88 bits per heavy atom. The van der Waals surface area contributed by atoms with Gasteiger partial charge in [0.2, 0.25) is 10.0 Å². The minimum absolute atomic E-state index is 0.152. The van der Waals surface area contributed by atoms with E-state index in [-0.39, 0.29) is 24.3 Å². The summed E-state index contributed by atoms with van der Waals surface area (Å²) in [5.74, 6) is 0. The van der Waals surface area contributed by atoms with Gasteiger partial charge in [-0.2, -0.15) is 3.97 Å². The van der Waals surface area contributed by atoms with E-state index in [0.29, 0.717) is 30.3 Å². The number of piperidine rings is 1. The lowest BCUT2D eigenvalue weighted by Gasteiger charge is -2.38. The van der Waals surface area contributed by atoms with Crippen LogP contribution in [0.3, 0.4) is 0 Å². The first-order valence-corrected chi connectivity index (χ1v) is 18.8. The molecule has 1 aliphatic heterocycles. The standard InChI is InChI=1S/C31H36N4O5S.C7H6N2O/c1-41(39,40)35-29-17-9-8-16-28(29)34(30(35)36)27-18-20-33(31(37)38)26(21-27)15-10-19-32(22-24-11-4-2-5-12-24)23-25-13-6-3-7-14-25;10-7-8-5-3-1-2-4-6(5)9-7/h2-9,11-14,16-17,26-27H,10,15,18-23H2,1H3,(H,37,38);1-4H,(H2,8,9,10)/t26-,27?;/m0./s1. The van der Waals surface area contributed by atoms with Crippen molar-refractivity contribution >= 4 is 38.2 Å². The van der Waals surface area contributed by atoms with Gasteiger partial charge in [-0.3, -0.25) is 9.47 Å². The van der Waals surface area contributed by atoms with Gasteiger partial charge < -0.3 is 20.0 Å². The smallest absolute Gasteiger partial charge is 0.407 e. The van der Waals surface area contributed by atoms with Gasteiger partial charge in [0.1, 0.15) is 0 Å². The van der Waals surface area contributed by atoms with Crippen molar-refractivity contribution in [3.63, 3.8) is 0 Å². The van der Waals surface area contributed by atoms with E-state index < -0.39 is 21.8 Å². The van der Waals surface area contributed by atoms with Gasteiger partial charge in [0.05, 0.1) is 28.3 Å². The molecule has 4 aromatic carbocycles. The van der Waals surface area contributed by atoms with Crippen molar-refractivity contribution in [2.75, 3.05) is 19.3 Å². The van der Waals surface area contributed by atoms with Gasteiger partial charge in [0.25, 0.3) is 0 Å². The zero-order valence-corrected chi connectivity index (χ0v) is 29.2. The number of benzene rings is 4. The van der Waals surface area contributed by atoms with Crippen molar-refractivity contribution in [2.24, 2.45) is 0 Å². The molecule has 12 nitrogen and oxygen atoms in total. The number of aromatic nitrogens is 4. The number of carboxylic acid groups (broad SMARTS) is 1. The Labute approximate surface area is 295 Å². The Bertz CT molecular complexity index is 2240. The van der Waals surface area contributed by atoms with E-state index >= 15 is 0 Å². The first kappa shape index (κ1) is 35.4. The Hall–Kier alpha value is -5.40. The van der Waals surface area contributed by atoms with Crippen LogP contribution in [0.1, 0.15) is 42.9 Å². The van der Waals surface area contributed by atoms with Crippen LogP contribution in [-0.2, 0) is 23.1 Å². The molecule has 3 heterocycles. The van der Waals surface area contributed by atoms with Crippen LogP contribution in [0.5, 0.6) is 0 Å². The van der Waals surface area contributed by atoms with Gasteiger partial charge >= 0.3 is 17.5 Å². The fourth-order valence-corrected chi connectivity index (χ4v) is 7.91. The molecule has 7 rings (SSSR count). The van der Waals surface area contributed by atoms with Crippen LogP contribution in [0.25, 0.3) is 22.1 Å². The molecule has 2 atom stereocenters. The summed E-state index contributed by atoms with van der Waals surface area (Å²) in [4.78, 5) is 45.4. The lowest BCUT2D eigenvalue weighted by Crippen LogP contribution is -2.47. The van der Waals surface area contributed by atoms with E-state index in [9.17, 15) is 27.9 Å². The molecule has 1 fully saturated rings. The maximum Gasteiger partial charge on any atom is 0.407 e. The number of aromatic amines is 2. The van der Waals surface area contributed by atoms with Crippen LogP contribution < -0.4 is 11.4 Å². The normalized spacial score (nSPS) is 16.3. The largest absolute Gasteiger partial charge is 0.465 e. The van der Waals surface area contributed by atoms with Gasteiger partial charge in [0.15, 0.2) is 0 Å². The first-order valence-electron chi connectivity index (χ1n) is 17.0. The molecule has 51 heavy (non-hydrogen) atoms. The average Bonchev–Trinajstić information content (AvgIpc) is 3.65. The van der Waals surface area contributed by atoms with Gasteiger partial charge in [-0.25, -0.2) is 22.8 Å². The molecule has 0 saturated carbocycles. The van der Waals surface area contributed by atoms with E-state index in [1.54, 1.807) is 28.8 Å². The van der Waals surface area contributed by atoms with Crippen LogP contribution in [-0.4, -0.2) is 73.3 Å². The lowest BCUT2D eigenvalue weighted by atomic mass is 9.93. The number of rotatable bonds is 10. The van der Waals surface area contributed by atoms with Crippen molar-refractivity contribution in [3.05, 3.63) is 141 Å². The fourth-order valence-electron chi connectivity index (χ4n) is 7.03. The van der Waals surface area contributed by atoms with Crippen LogP contribution in [0.4, 0.5) is 4.79 Å². The number of nitrogens with one attached hydrogen (secondary N) is 2. The highest BCUT2D eigenvalue weighted by atomic mass is 32.2. The van der Waals surface area contributed by atoms with E-state index in [4.69, 9.17) is 0 Å². The highest BCUT2D eigenvalue weighted by Gasteiger charge is 2.34. The molecule has 266 valence electrons. The second-order valence-electron chi connectivity index (χ2n) is 12.9. The maximum absolute atomic E-state index is 13.4. The van der Waals surface area contributed by atoms with Crippen molar-refractivity contribution < 1.29 is 18.3 Å². The van der Waals surface area contributed by atoms with Gasteiger partial charge in [0, 0.05) is 31.7 Å². The molecule has 6 aromatic rings. The zero-order chi connectivity index (χ0) is 36.0. The predicted molar refractivity (Wildman–Crippen MR) is 198 cm³/mol. The predicted octanol–water partition coefficient (Wildman–Crippen LogP) is 5.63. The van der Waals surface area contributed by atoms with Gasteiger partial charge in [-0.15, -0.1) is 0 Å². The van der Waals surface area contributed by atoms with Crippen LogP contribution >= 0.6 is 0 Å². The van der Waals surface area contributed by atoms with E-state index in [1.807, 2.05) is 60.7 Å². The highest BCUT2D eigenvalue weighted by Crippen LogP contribution is 2.32. The molecule has 0 bridgehead atoms. The molecule has 3 N–H and O–H groups in total. The number of amides is 1. The van der Waals surface area contributed by atoms with Gasteiger partial charge in [-0.05, 0) is 67.6 Å². The Kier molecular flexibility index (Phi) is 10.9. The maximum atomic E-state index is 13.4. The van der Waals surface area contributed by atoms with Crippen molar-refractivity contribution in [1.82, 2.24) is 28.3 Å². The second kappa shape index (κ2) is 15.7. The molecule has 0 spiro atoms. The molecule has 1 amide bonds. The van der Waals surface area contributed by atoms with Crippen molar-refractivity contribution in [3.8, 4) is 0 Å². The summed E-state index contributed by atoms with van der Waals surface area (Å²) in [6.45, 7) is 2.64. The molecule has 13 heteroatoms. The van der Waals surface area contributed by atoms with Crippen LogP contribution in [0.15, 0.2) is 119 Å².